The van der Waals surface area contributed by atoms with Crippen LogP contribution in [0.1, 0.15) is 0 Å². The number of nitrogen functional groups attached to an aromatic ring is 2. The summed E-state index contributed by atoms with van der Waals surface area (Å²) >= 11 is 5.82. The van der Waals surface area contributed by atoms with Gasteiger partial charge >= 0.3 is 0 Å². The van der Waals surface area contributed by atoms with E-state index in [0.717, 1.165) is 11.1 Å². The Morgan fingerprint density at radius 3 is 2.57 bits per heavy atom. The monoisotopic (exact) mass is 208 g/mol. The van der Waals surface area contributed by atoms with E-state index in [1.54, 1.807) is 24.7 Å². The van der Waals surface area contributed by atoms with E-state index in [-0.39, 0.29) is 0 Å². The third-order valence-electron chi connectivity index (χ3n) is 2.00. The summed E-state index contributed by atoms with van der Waals surface area (Å²) in [6, 6.07) is 5.20. The summed E-state index contributed by atoms with van der Waals surface area (Å²) in [5.74, 6) is 0. The average molecular weight is 209 g/mol. The van der Waals surface area contributed by atoms with E-state index in [2.05, 4.69) is 0 Å². The molecule has 72 valence electrons. The van der Waals surface area contributed by atoms with Gasteiger partial charge in [0.2, 0.25) is 0 Å². The van der Waals surface area contributed by atoms with Crippen molar-refractivity contribution in [3.63, 3.8) is 0 Å². The minimum Gasteiger partial charge on any atom is -0.472 e. The molecular weight excluding hydrogens is 200 g/mol. The highest BCUT2D eigenvalue weighted by molar-refractivity contribution is 6.33. The molecule has 4 heteroatoms. The molecule has 0 radical (unpaired) electrons. The number of rotatable bonds is 1. The highest BCUT2D eigenvalue weighted by Crippen LogP contribution is 2.32. The Morgan fingerprint density at radius 1 is 1.14 bits per heavy atom. The first-order valence-electron chi connectivity index (χ1n) is 4.05. The number of furan rings is 1. The van der Waals surface area contributed by atoms with E-state index in [4.69, 9.17) is 27.5 Å². The van der Waals surface area contributed by atoms with Crippen molar-refractivity contribution < 1.29 is 4.42 Å². The minimum atomic E-state index is 0.467. The van der Waals surface area contributed by atoms with Crippen LogP contribution in [-0.2, 0) is 0 Å². The van der Waals surface area contributed by atoms with Crippen molar-refractivity contribution in [2.45, 2.75) is 0 Å². The molecule has 1 heterocycles. The van der Waals surface area contributed by atoms with E-state index in [1.807, 2.05) is 6.07 Å². The highest BCUT2D eigenvalue weighted by Gasteiger charge is 2.07. The maximum absolute atomic E-state index is 5.82. The number of hydrogen-bond donors (Lipinski definition) is 2. The first-order chi connectivity index (χ1) is 6.68. The van der Waals surface area contributed by atoms with Gasteiger partial charge in [-0.25, -0.2) is 0 Å². The second kappa shape index (κ2) is 3.27. The summed E-state index contributed by atoms with van der Waals surface area (Å²) < 4.78 is 4.96. The van der Waals surface area contributed by atoms with Crippen LogP contribution in [0.4, 0.5) is 11.4 Å². The van der Waals surface area contributed by atoms with Crippen LogP contribution < -0.4 is 11.5 Å². The summed E-state index contributed by atoms with van der Waals surface area (Å²) in [4.78, 5) is 0. The molecule has 0 aliphatic rings. The average Bonchev–Trinajstić information content (AvgIpc) is 2.64. The third kappa shape index (κ3) is 1.42. The largest absolute Gasteiger partial charge is 0.472 e. The fraction of sp³-hybridized carbons (Fsp3) is 0. The molecule has 2 aromatic rings. The van der Waals surface area contributed by atoms with Crippen molar-refractivity contribution in [2.75, 3.05) is 11.5 Å². The van der Waals surface area contributed by atoms with E-state index in [0.29, 0.717) is 16.4 Å². The highest BCUT2D eigenvalue weighted by atomic mass is 35.5. The number of anilines is 2. The first kappa shape index (κ1) is 8.97. The lowest BCUT2D eigenvalue weighted by molar-refractivity contribution is 0.568. The van der Waals surface area contributed by atoms with Gasteiger partial charge in [0.1, 0.15) is 0 Å². The molecule has 0 saturated heterocycles. The van der Waals surface area contributed by atoms with Crippen LogP contribution in [0.25, 0.3) is 11.1 Å². The topological polar surface area (TPSA) is 65.2 Å². The molecule has 14 heavy (non-hydrogen) atoms. The fourth-order valence-corrected chi connectivity index (χ4v) is 1.45. The normalized spacial score (nSPS) is 10.4. The third-order valence-corrected chi connectivity index (χ3v) is 2.33. The van der Waals surface area contributed by atoms with Crippen LogP contribution in [0.5, 0.6) is 0 Å². The summed E-state index contributed by atoms with van der Waals surface area (Å²) in [6.07, 6.45) is 3.19. The minimum absolute atomic E-state index is 0.467. The lowest BCUT2D eigenvalue weighted by Crippen LogP contribution is -1.93. The lowest BCUT2D eigenvalue weighted by Gasteiger charge is -2.05. The fourth-order valence-electron chi connectivity index (χ4n) is 1.27. The Bertz CT molecular complexity index is 451. The van der Waals surface area contributed by atoms with Crippen molar-refractivity contribution in [2.24, 2.45) is 0 Å². The van der Waals surface area contributed by atoms with Crippen molar-refractivity contribution in [1.29, 1.82) is 0 Å². The maximum atomic E-state index is 5.82. The van der Waals surface area contributed by atoms with E-state index >= 15 is 0 Å². The SMILES string of the molecule is Nc1cc(-c2ccoc2)c(N)cc1Cl. The number of nitrogens with two attached hydrogens (primary N) is 2. The van der Waals surface area contributed by atoms with Crippen molar-refractivity contribution in [3.05, 3.63) is 35.7 Å². The molecule has 4 N–H and O–H groups in total. The summed E-state index contributed by atoms with van der Waals surface area (Å²) in [7, 11) is 0. The van der Waals surface area contributed by atoms with Crippen LogP contribution in [0.3, 0.4) is 0 Å². The summed E-state index contributed by atoms with van der Waals surface area (Å²) in [6.45, 7) is 0. The Hall–Kier alpha value is -1.61. The molecular formula is C10H9ClN2O. The molecule has 3 nitrogen and oxygen atoms in total. The molecule has 1 aromatic heterocycles. The Labute approximate surface area is 86.3 Å². The van der Waals surface area contributed by atoms with Crippen LogP contribution in [-0.4, -0.2) is 0 Å². The zero-order valence-corrected chi connectivity index (χ0v) is 8.08. The van der Waals surface area contributed by atoms with Crippen LogP contribution in [0.2, 0.25) is 5.02 Å². The molecule has 2 rings (SSSR count). The predicted octanol–water partition coefficient (Wildman–Crippen LogP) is 2.76. The van der Waals surface area contributed by atoms with E-state index in [1.165, 1.54) is 0 Å². The van der Waals surface area contributed by atoms with Crippen molar-refractivity contribution in [1.82, 2.24) is 0 Å². The number of halogens is 1. The first-order valence-corrected chi connectivity index (χ1v) is 4.43. The molecule has 0 aliphatic carbocycles. The van der Waals surface area contributed by atoms with Gasteiger partial charge in [0.05, 0.1) is 23.2 Å². The molecule has 0 unspecified atom stereocenters. The molecule has 0 atom stereocenters. The number of benzene rings is 1. The lowest BCUT2D eigenvalue weighted by atomic mass is 10.1. The van der Waals surface area contributed by atoms with E-state index < -0.39 is 0 Å². The molecule has 1 aromatic carbocycles. The quantitative estimate of drug-likeness (QED) is 0.709. The summed E-state index contributed by atoms with van der Waals surface area (Å²) in [5.41, 5.74) is 14.3. The van der Waals surface area contributed by atoms with Gasteiger partial charge in [0.15, 0.2) is 0 Å². The summed E-state index contributed by atoms with van der Waals surface area (Å²) in [5, 5.41) is 0.467. The standard InChI is InChI=1S/C10H9ClN2O/c11-8-4-9(12)7(3-10(8)13)6-1-2-14-5-6/h1-5H,12-13H2. The van der Waals surface area contributed by atoms with Gasteiger partial charge in [-0.05, 0) is 18.2 Å². The van der Waals surface area contributed by atoms with E-state index in [9.17, 15) is 0 Å². The predicted molar refractivity (Wildman–Crippen MR) is 58.0 cm³/mol. The Kier molecular flexibility index (Phi) is 2.09. The Balaban J connectivity index is 2.60. The van der Waals surface area contributed by atoms with Crippen molar-refractivity contribution >= 4 is 23.0 Å². The second-order valence-electron chi connectivity index (χ2n) is 2.97. The van der Waals surface area contributed by atoms with Gasteiger partial charge < -0.3 is 15.9 Å². The van der Waals surface area contributed by atoms with Crippen LogP contribution in [0.15, 0.2) is 35.1 Å². The molecule has 0 aliphatic heterocycles. The molecule has 0 saturated carbocycles. The van der Waals surface area contributed by atoms with Gasteiger partial charge in [-0.1, -0.05) is 11.6 Å². The Morgan fingerprint density at radius 2 is 1.93 bits per heavy atom. The zero-order chi connectivity index (χ0) is 10.1. The number of hydrogen-bond acceptors (Lipinski definition) is 3. The van der Waals surface area contributed by atoms with Gasteiger partial charge in [-0.15, -0.1) is 0 Å². The van der Waals surface area contributed by atoms with Gasteiger partial charge in [-0.3, -0.25) is 0 Å². The van der Waals surface area contributed by atoms with Gasteiger partial charge in [0, 0.05) is 16.8 Å². The van der Waals surface area contributed by atoms with Gasteiger partial charge in [-0.2, -0.15) is 0 Å². The molecule has 0 amide bonds. The van der Waals surface area contributed by atoms with Crippen LogP contribution in [0, 0.1) is 0 Å². The van der Waals surface area contributed by atoms with Gasteiger partial charge in [0.25, 0.3) is 0 Å². The van der Waals surface area contributed by atoms with Crippen molar-refractivity contribution in [3.8, 4) is 11.1 Å². The molecule has 0 bridgehead atoms. The van der Waals surface area contributed by atoms with Crippen LogP contribution >= 0.6 is 11.6 Å². The molecule has 0 fully saturated rings. The smallest absolute Gasteiger partial charge is 0.0981 e. The maximum Gasteiger partial charge on any atom is 0.0981 e. The molecule has 0 spiro atoms. The second-order valence-corrected chi connectivity index (χ2v) is 3.38. The zero-order valence-electron chi connectivity index (χ0n) is 7.33.